The van der Waals surface area contributed by atoms with E-state index in [2.05, 4.69) is 26.6 Å². The van der Waals surface area contributed by atoms with Crippen LogP contribution in [0.25, 0.3) is 22.3 Å². The summed E-state index contributed by atoms with van der Waals surface area (Å²) in [5, 5.41) is 36.5. The van der Waals surface area contributed by atoms with Crippen molar-refractivity contribution in [3.63, 3.8) is 0 Å². The Labute approximate surface area is 394 Å². The number of benzene rings is 4. The van der Waals surface area contributed by atoms with Gasteiger partial charge in [0.05, 0.1) is 6.04 Å². The van der Waals surface area contributed by atoms with Crippen LogP contribution < -0.4 is 32.3 Å². The van der Waals surface area contributed by atoms with Gasteiger partial charge in [-0.15, -0.1) is 0 Å². The van der Waals surface area contributed by atoms with E-state index >= 15 is 0 Å². The number of fused-ring (bicyclic) bond motifs is 5. The molecule has 6 amide bonds. The highest BCUT2D eigenvalue weighted by molar-refractivity contribution is 6.30. The van der Waals surface area contributed by atoms with E-state index in [-0.39, 0.29) is 58.3 Å². The Morgan fingerprint density at radius 3 is 2.12 bits per heavy atom. The van der Waals surface area contributed by atoms with E-state index in [1.165, 1.54) is 57.3 Å². The summed E-state index contributed by atoms with van der Waals surface area (Å²) in [6.07, 6.45) is 2.86. The first-order valence-corrected chi connectivity index (χ1v) is 22.9. The Morgan fingerprint density at radius 1 is 0.836 bits per heavy atom. The quantitative estimate of drug-likeness (QED) is 0.0826. The number of halogens is 1. The number of nitrogens with one attached hydrogen (secondary N) is 5. The summed E-state index contributed by atoms with van der Waals surface area (Å²) >= 11 is 6.05. The standard InChI is InChI=1S/C50H58ClN7O9/c1-5-30-16-20-38(44(30)61)55-45(62)27(2)53-48(65)40-25-29-9-21-41(59)36(24-29)37-26-34(17-22-42(37)60)43(49(66)54-28(3)46(63)57-40)58(4)50(67)39(8-6-7-23-52)56-47(64)33-12-10-31(11-13-33)32-14-18-35(51)19-15-32/h9-15,17-19,21-22,24,26-28,30,38-40,43,59-60H,5-8,16,20,23,25,52H2,1-4H3,(H,53,65)(H,54,66)(H,55,62)(H,56,64)(H,57,63). The van der Waals surface area contributed by atoms with Gasteiger partial charge in [0.1, 0.15) is 41.7 Å². The van der Waals surface area contributed by atoms with Crippen LogP contribution in [0.3, 0.4) is 0 Å². The molecule has 1 heterocycles. The van der Waals surface area contributed by atoms with Crippen molar-refractivity contribution in [3.05, 3.63) is 107 Å². The molecule has 1 fully saturated rings. The second-order valence-corrected chi connectivity index (χ2v) is 17.7. The van der Waals surface area contributed by atoms with Crippen molar-refractivity contribution in [2.24, 2.45) is 11.7 Å². The van der Waals surface area contributed by atoms with E-state index in [1.807, 2.05) is 19.1 Å². The van der Waals surface area contributed by atoms with Gasteiger partial charge < -0.3 is 47.4 Å². The number of hydrogen-bond donors (Lipinski definition) is 8. The smallest absolute Gasteiger partial charge is 0.251 e. The first-order valence-electron chi connectivity index (χ1n) is 22.5. The highest BCUT2D eigenvalue weighted by Gasteiger charge is 2.37. The average Bonchev–Trinajstić information content (AvgIpc) is 3.66. The summed E-state index contributed by atoms with van der Waals surface area (Å²) in [4.78, 5) is 97.7. The maximum atomic E-state index is 14.6. The number of nitrogens with zero attached hydrogens (tertiary/aromatic N) is 1. The second-order valence-electron chi connectivity index (χ2n) is 17.2. The number of nitrogens with two attached hydrogens (primary N) is 1. The van der Waals surface area contributed by atoms with Crippen LogP contribution in [0.1, 0.15) is 86.8 Å². The summed E-state index contributed by atoms with van der Waals surface area (Å²) in [5.41, 5.74) is 8.68. The number of phenolic OH excluding ortho intramolecular Hbond substituents is 2. The summed E-state index contributed by atoms with van der Waals surface area (Å²) in [6, 6.07) is 15.8. The summed E-state index contributed by atoms with van der Waals surface area (Å²) in [7, 11) is 1.39. The number of unbranched alkanes of at least 4 members (excludes halogenated alkanes) is 1. The molecule has 0 spiro atoms. The predicted molar refractivity (Wildman–Crippen MR) is 253 cm³/mol. The van der Waals surface area contributed by atoms with Crippen LogP contribution in [0, 0.1) is 5.92 Å². The minimum Gasteiger partial charge on any atom is -0.507 e. The molecule has 4 bridgehead atoms. The molecule has 0 saturated heterocycles. The van der Waals surface area contributed by atoms with Crippen LogP contribution in [-0.2, 0) is 35.2 Å². The molecule has 4 aromatic rings. The first kappa shape index (κ1) is 49.6. The van der Waals surface area contributed by atoms with Crippen molar-refractivity contribution in [1.29, 1.82) is 0 Å². The Balaban J connectivity index is 1.28. The number of carbonyl (C=O) groups is 7. The molecule has 1 saturated carbocycles. The summed E-state index contributed by atoms with van der Waals surface area (Å²) < 4.78 is 0. The third-order valence-electron chi connectivity index (χ3n) is 12.5. The summed E-state index contributed by atoms with van der Waals surface area (Å²) in [5.74, 6) is -4.79. The van der Waals surface area contributed by atoms with Crippen molar-refractivity contribution < 1.29 is 43.8 Å². The third-order valence-corrected chi connectivity index (χ3v) is 12.7. The van der Waals surface area contributed by atoms with Gasteiger partial charge >= 0.3 is 0 Å². The SMILES string of the molecule is CCC1CCC(NC(=O)C(C)NC(=O)C2Cc3ccc(O)c(c3)-c3cc(ccc3O)C(N(C)C(=O)C(CCCCN)NC(=O)c3ccc(-c4ccc(Cl)cc4)cc3)C(=O)NC(C)C(=O)N2)C1=O. The molecule has 16 nitrogen and oxygen atoms in total. The fourth-order valence-electron chi connectivity index (χ4n) is 8.50. The molecule has 2 aliphatic rings. The second kappa shape index (κ2) is 22.1. The fourth-order valence-corrected chi connectivity index (χ4v) is 8.62. The lowest BCUT2D eigenvalue weighted by Gasteiger charge is -2.32. The van der Waals surface area contributed by atoms with Crippen LogP contribution in [-0.4, -0.2) is 100 Å². The van der Waals surface area contributed by atoms with E-state index in [0.29, 0.717) is 49.2 Å². The Hall–Kier alpha value is -6.78. The molecule has 4 aromatic carbocycles. The number of hydrogen-bond acceptors (Lipinski definition) is 10. The molecule has 6 rings (SSSR count). The van der Waals surface area contributed by atoms with Gasteiger partial charge in [0, 0.05) is 41.1 Å². The average molecular weight is 937 g/mol. The molecule has 7 atom stereocenters. The number of likely N-dealkylation sites (N-methyl/N-ethyl adjacent to an activating group) is 1. The summed E-state index contributed by atoms with van der Waals surface area (Å²) in [6.45, 7) is 5.11. The Bertz CT molecular complexity index is 2500. The van der Waals surface area contributed by atoms with Crippen molar-refractivity contribution in [2.75, 3.05) is 13.6 Å². The lowest BCUT2D eigenvalue weighted by atomic mass is 9.93. The maximum absolute atomic E-state index is 14.6. The number of amides is 6. The van der Waals surface area contributed by atoms with Gasteiger partial charge in [0.2, 0.25) is 29.5 Å². The van der Waals surface area contributed by atoms with E-state index in [4.69, 9.17) is 17.3 Å². The van der Waals surface area contributed by atoms with Gasteiger partial charge in [-0.3, -0.25) is 33.6 Å². The Morgan fingerprint density at radius 2 is 1.48 bits per heavy atom. The van der Waals surface area contributed by atoms with Crippen LogP contribution in [0.15, 0.2) is 84.9 Å². The molecule has 0 radical (unpaired) electrons. The molecule has 67 heavy (non-hydrogen) atoms. The molecule has 0 aromatic heterocycles. The molecular formula is C50H58ClN7O9. The maximum Gasteiger partial charge on any atom is 0.251 e. The normalized spacial score (nSPS) is 20.3. The zero-order chi connectivity index (χ0) is 48.5. The van der Waals surface area contributed by atoms with Gasteiger partial charge in [0.25, 0.3) is 5.91 Å². The van der Waals surface area contributed by atoms with Gasteiger partial charge in [-0.05, 0) is 130 Å². The van der Waals surface area contributed by atoms with E-state index < -0.39 is 71.7 Å². The zero-order valence-electron chi connectivity index (χ0n) is 37.9. The van der Waals surface area contributed by atoms with Crippen molar-refractivity contribution >= 4 is 52.8 Å². The molecule has 9 N–H and O–H groups in total. The number of aromatic hydroxyl groups is 2. The Kier molecular flexibility index (Phi) is 16.4. The topological polar surface area (TPSA) is 249 Å². The highest BCUT2D eigenvalue weighted by Crippen LogP contribution is 2.39. The van der Waals surface area contributed by atoms with E-state index in [1.54, 1.807) is 36.4 Å². The van der Waals surface area contributed by atoms with E-state index in [0.717, 1.165) is 16.0 Å². The van der Waals surface area contributed by atoms with Gasteiger partial charge in [0.15, 0.2) is 5.78 Å². The molecule has 1 aliphatic carbocycles. The molecular weight excluding hydrogens is 878 g/mol. The lowest BCUT2D eigenvalue weighted by Crippen LogP contribution is -2.58. The number of rotatable bonds is 14. The number of carbonyl (C=O) groups excluding carboxylic acids is 7. The number of Topliss-reactive ketones (excluding diaryl/α,β-unsaturated/α-hetero) is 1. The zero-order valence-corrected chi connectivity index (χ0v) is 38.7. The van der Waals surface area contributed by atoms with Crippen LogP contribution >= 0.6 is 11.6 Å². The number of ketones is 1. The van der Waals surface area contributed by atoms with Crippen molar-refractivity contribution in [1.82, 2.24) is 31.5 Å². The third kappa shape index (κ3) is 12.0. The highest BCUT2D eigenvalue weighted by atomic mass is 35.5. The van der Waals surface area contributed by atoms with Gasteiger partial charge in [-0.25, -0.2) is 0 Å². The van der Waals surface area contributed by atoms with Crippen LogP contribution in [0.4, 0.5) is 0 Å². The fraction of sp³-hybridized carbons (Fsp3) is 0.380. The van der Waals surface area contributed by atoms with Gasteiger partial charge in [-0.1, -0.05) is 54.9 Å². The van der Waals surface area contributed by atoms with Gasteiger partial charge in [-0.2, -0.15) is 0 Å². The molecule has 354 valence electrons. The van der Waals surface area contributed by atoms with Crippen molar-refractivity contribution in [3.8, 4) is 33.8 Å². The first-order chi connectivity index (χ1) is 32.0. The van der Waals surface area contributed by atoms with E-state index in [9.17, 15) is 43.8 Å². The monoisotopic (exact) mass is 935 g/mol. The van der Waals surface area contributed by atoms with Crippen molar-refractivity contribution in [2.45, 2.75) is 102 Å². The minimum atomic E-state index is -1.46. The lowest BCUT2D eigenvalue weighted by molar-refractivity contribution is -0.141. The van der Waals surface area contributed by atoms with Crippen LogP contribution in [0.5, 0.6) is 11.5 Å². The molecule has 1 aliphatic heterocycles. The minimum absolute atomic E-state index is 0.0523. The predicted octanol–water partition coefficient (Wildman–Crippen LogP) is 4.44. The number of phenols is 2. The molecule has 7 unspecified atom stereocenters. The van der Waals surface area contributed by atoms with Crippen LogP contribution in [0.2, 0.25) is 5.02 Å². The molecule has 17 heteroatoms. The largest absolute Gasteiger partial charge is 0.507 e.